The number of hydrogen-bond donors (Lipinski definition) is 0. The summed E-state index contributed by atoms with van der Waals surface area (Å²) in [6, 6.07) is 7.61. The van der Waals surface area contributed by atoms with Crippen LogP contribution in [0.2, 0.25) is 0 Å². The second-order valence-electron chi connectivity index (χ2n) is 8.07. The van der Waals surface area contributed by atoms with E-state index < -0.39 is 0 Å². The summed E-state index contributed by atoms with van der Waals surface area (Å²) >= 11 is 0. The molecule has 160 valence electrons. The molecule has 0 radical (unpaired) electrons. The molecule has 1 aromatic carbocycles. The minimum absolute atomic E-state index is 0.0502. The Hall–Kier alpha value is -1.97. The predicted molar refractivity (Wildman–Crippen MR) is 122 cm³/mol. The molecule has 4 heteroatoms. The highest BCUT2D eigenvalue weighted by Crippen LogP contribution is 2.13. The number of fused-ring (bicyclic) bond motifs is 1. The topological polar surface area (TPSA) is 47.8 Å². The smallest absolute Gasteiger partial charge is 0.248 e. The van der Waals surface area contributed by atoms with Gasteiger partial charge in [0.1, 0.15) is 5.52 Å². The summed E-state index contributed by atoms with van der Waals surface area (Å²) in [6.07, 6.45) is 23.2. The molecule has 2 aromatic rings. The summed E-state index contributed by atoms with van der Waals surface area (Å²) in [6.45, 7) is 2.27. The number of aromatic nitrogens is 3. The van der Waals surface area contributed by atoms with Gasteiger partial charge in [-0.1, -0.05) is 94.2 Å². The predicted octanol–water partition coefficient (Wildman–Crippen LogP) is 7.50. The number of carbonyl (C=O) groups excluding carboxylic acids is 1. The van der Waals surface area contributed by atoms with Gasteiger partial charge in [0.25, 0.3) is 0 Å². The largest absolute Gasteiger partial charge is 0.273 e. The van der Waals surface area contributed by atoms with Crippen LogP contribution in [0.1, 0.15) is 108 Å². The highest BCUT2D eigenvalue weighted by molar-refractivity contribution is 5.88. The van der Waals surface area contributed by atoms with Crippen molar-refractivity contribution in [2.75, 3.05) is 0 Å². The minimum Gasteiger partial charge on any atom is -0.273 e. The second-order valence-corrected chi connectivity index (χ2v) is 8.07. The van der Waals surface area contributed by atoms with Crippen LogP contribution in [0.15, 0.2) is 36.4 Å². The number of para-hydroxylation sites is 1. The number of carbonyl (C=O) groups is 1. The maximum Gasteiger partial charge on any atom is 0.248 e. The lowest BCUT2D eigenvalue weighted by molar-refractivity contribution is 0.0886. The van der Waals surface area contributed by atoms with Gasteiger partial charge in [-0.3, -0.25) is 4.79 Å². The summed E-state index contributed by atoms with van der Waals surface area (Å²) in [5, 5.41) is 8.05. The fourth-order valence-corrected chi connectivity index (χ4v) is 3.68. The Morgan fingerprint density at radius 3 is 2.10 bits per heavy atom. The van der Waals surface area contributed by atoms with Crippen LogP contribution in [0.5, 0.6) is 0 Å². The average molecular weight is 398 g/mol. The van der Waals surface area contributed by atoms with Crippen LogP contribution >= 0.6 is 0 Å². The maximum absolute atomic E-state index is 12.3. The first-order valence-electron chi connectivity index (χ1n) is 11.8. The second kappa shape index (κ2) is 14.9. The summed E-state index contributed by atoms with van der Waals surface area (Å²) in [5.74, 6) is 0.0502. The highest BCUT2D eigenvalue weighted by atomic mass is 16.2. The summed E-state index contributed by atoms with van der Waals surface area (Å²) in [4.78, 5) is 12.3. The lowest BCUT2D eigenvalue weighted by Gasteiger charge is -2.02. The van der Waals surface area contributed by atoms with E-state index in [-0.39, 0.29) is 5.91 Å². The van der Waals surface area contributed by atoms with E-state index in [4.69, 9.17) is 0 Å². The van der Waals surface area contributed by atoms with E-state index in [9.17, 15) is 4.79 Å². The Balaban J connectivity index is 1.41. The molecule has 0 aliphatic rings. The minimum atomic E-state index is 0.0502. The number of nitrogens with zero attached hydrogens (tertiary/aromatic N) is 3. The van der Waals surface area contributed by atoms with E-state index >= 15 is 0 Å². The fraction of sp³-hybridized carbons (Fsp3) is 0.640. The number of benzene rings is 1. The molecule has 0 saturated carbocycles. The first-order chi connectivity index (χ1) is 14.3. The van der Waals surface area contributed by atoms with Crippen molar-refractivity contribution in [1.29, 1.82) is 0 Å². The summed E-state index contributed by atoms with van der Waals surface area (Å²) in [7, 11) is 0. The van der Waals surface area contributed by atoms with E-state index in [0.29, 0.717) is 6.42 Å². The molecule has 0 unspecified atom stereocenters. The van der Waals surface area contributed by atoms with Gasteiger partial charge in [-0.15, -0.1) is 5.10 Å². The van der Waals surface area contributed by atoms with Gasteiger partial charge in [-0.05, 0) is 44.2 Å². The van der Waals surface area contributed by atoms with Gasteiger partial charge in [0.15, 0.2) is 0 Å². The third-order valence-electron chi connectivity index (χ3n) is 5.49. The highest BCUT2D eigenvalue weighted by Gasteiger charge is 2.10. The van der Waals surface area contributed by atoms with Gasteiger partial charge >= 0.3 is 0 Å². The van der Waals surface area contributed by atoms with E-state index in [0.717, 1.165) is 23.9 Å². The molecule has 0 aliphatic heterocycles. The Bertz CT molecular complexity index is 720. The Labute approximate surface area is 176 Å². The normalized spacial score (nSPS) is 11.6. The molecule has 0 bridgehead atoms. The Kier molecular flexibility index (Phi) is 12.0. The van der Waals surface area contributed by atoms with E-state index in [1.807, 2.05) is 24.3 Å². The first kappa shape index (κ1) is 23.3. The van der Waals surface area contributed by atoms with Crippen molar-refractivity contribution in [2.45, 2.75) is 103 Å². The maximum atomic E-state index is 12.3. The Morgan fingerprint density at radius 1 is 0.828 bits per heavy atom. The van der Waals surface area contributed by atoms with Crippen molar-refractivity contribution in [2.24, 2.45) is 0 Å². The molecule has 2 rings (SSSR count). The van der Waals surface area contributed by atoms with Gasteiger partial charge in [-0.25, -0.2) is 0 Å². The molecule has 4 nitrogen and oxygen atoms in total. The lowest BCUT2D eigenvalue weighted by atomic mass is 10.1. The molecule has 29 heavy (non-hydrogen) atoms. The van der Waals surface area contributed by atoms with Crippen LogP contribution in [-0.4, -0.2) is 20.9 Å². The van der Waals surface area contributed by atoms with Crippen molar-refractivity contribution < 1.29 is 4.79 Å². The van der Waals surface area contributed by atoms with E-state index in [1.165, 1.54) is 81.7 Å². The number of allylic oxidation sites excluding steroid dienone is 2. The van der Waals surface area contributed by atoms with Crippen LogP contribution in [0.3, 0.4) is 0 Å². The molecule has 0 atom stereocenters. The summed E-state index contributed by atoms with van der Waals surface area (Å²) in [5.41, 5.74) is 1.59. The Morgan fingerprint density at radius 2 is 1.41 bits per heavy atom. The number of hydrogen-bond acceptors (Lipinski definition) is 3. The van der Waals surface area contributed by atoms with Gasteiger partial charge in [0, 0.05) is 6.42 Å². The lowest BCUT2D eigenvalue weighted by Crippen LogP contribution is -2.12. The molecule has 0 N–H and O–H groups in total. The molecule has 0 fully saturated rings. The van der Waals surface area contributed by atoms with Crippen LogP contribution in [0.25, 0.3) is 11.0 Å². The number of unbranched alkanes of at least 4 members (excludes halogenated alkanes) is 12. The monoisotopic (exact) mass is 397 g/mol. The average Bonchev–Trinajstić information content (AvgIpc) is 3.17. The molecule has 0 amide bonds. The molecule has 0 aliphatic carbocycles. The third-order valence-corrected chi connectivity index (χ3v) is 5.49. The molecule has 0 saturated heterocycles. The van der Waals surface area contributed by atoms with Gasteiger partial charge in [0.2, 0.25) is 5.91 Å². The molecular weight excluding hydrogens is 358 g/mol. The SMILES string of the molecule is CCCCCCCC/C=C/CCCCCCCCC(=O)n1nnc2ccccc21. The van der Waals surface area contributed by atoms with Gasteiger partial charge < -0.3 is 0 Å². The van der Waals surface area contributed by atoms with Crippen LogP contribution in [0.4, 0.5) is 0 Å². The van der Waals surface area contributed by atoms with Crippen molar-refractivity contribution in [3.63, 3.8) is 0 Å². The van der Waals surface area contributed by atoms with Crippen LogP contribution in [0, 0.1) is 0 Å². The van der Waals surface area contributed by atoms with Gasteiger partial charge in [0.05, 0.1) is 5.52 Å². The van der Waals surface area contributed by atoms with Crippen molar-refractivity contribution in [3.8, 4) is 0 Å². The molecular formula is C25H39N3O. The van der Waals surface area contributed by atoms with Crippen LogP contribution < -0.4 is 0 Å². The molecule has 1 heterocycles. The number of rotatable bonds is 16. The zero-order valence-electron chi connectivity index (χ0n) is 18.3. The molecule has 1 aromatic heterocycles. The van der Waals surface area contributed by atoms with Crippen LogP contribution in [-0.2, 0) is 0 Å². The zero-order chi connectivity index (χ0) is 20.6. The first-order valence-corrected chi connectivity index (χ1v) is 11.8. The summed E-state index contributed by atoms with van der Waals surface area (Å²) < 4.78 is 1.45. The van der Waals surface area contributed by atoms with E-state index in [1.54, 1.807) is 0 Å². The van der Waals surface area contributed by atoms with E-state index in [2.05, 4.69) is 29.4 Å². The third kappa shape index (κ3) is 9.38. The fourth-order valence-electron chi connectivity index (χ4n) is 3.68. The van der Waals surface area contributed by atoms with Crippen molar-refractivity contribution in [3.05, 3.63) is 36.4 Å². The van der Waals surface area contributed by atoms with Gasteiger partial charge in [-0.2, -0.15) is 4.68 Å². The zero-order valence-corrected chi connectivity index (χ0v) is 18.3. The quantitative estimate of drug-likeness (QED) is 0.218. The van der Waals surface area contributed by atoms with Crippen molar-refractivity contribution in [1.82, 2.24) is 15.0 Å². The van der Waals surface area contributed by atoms with Crippen molar-refractivity contribution >= 4 is 16.9 Å². The molecule has 0 spiro atoms. The standard InChI is InChI=1S/C25H39N3O/c1-2-3-4-5-6-7-8-9-10-11-12-13-14-15-16-17-22-25(29)28-24-21-19-18-20-23(24)26-27-28/h9-10,18-21H,2-8,11-17,22H2,1H3/b10-9+.